The molecule has 9 heteroatoms. The fraction of sp³-hybridized carbons (Fsp3) is 0.308. The highest BCUT2D eigenvalue weighted by atomic mass is 32.2. The third kappa shape index (κ3) is 5.24. The SMILES string of the molecule is Cc1ccc(Cc2c(C)nc3nc(SCC(=O)NC[C@@H]4COc5ccccc5O4)nn3c2C)cc1. The number of thioether (sulfide) groups is 1. The van der Waals surface area contributed by atoms with Gasteiger partial charge in [0.15, 0.2) is 11.5 Å². The zero-order valence-corrected chi connectivity index (χ0v) is 20.8. The fourth-order valence-corrected chi connectivity index (χ4v) is 4.64. The number of hydrogen-bond donors (Lipinski definition) is 1. The molecule has 1 atom stereocenters. The van der Waals surface area contributed by atoms with E-state index in [4.69, 9.17) is 9.47 Å². The predicted molar refractivity (Wildman–Crippen MR) is 134 cm³/mol. The third-order valence-corrected chi connectivity index (χ3v) is 6.80. The molecule has 2 aromatic heterocycles. The second-order valence-electron chi connectivity index (χ2n) is 8.62. The Labute approximate surface area is 208 Å². The molecule has 3 heterocycles. The third-order valence-electron chi connectivity index (χ3n) is 5.96. The second kappa shape index (κ2) is 9.95. The lowest BCUT2D eigenvalue weighted by molar-refractivity contribution is -0.119. The van der Waals surface area contributed by atoms with Gasteiger partial charge in [-0.1, -0.05) is 53.7 Å². The lowest BCUT2D eigenvalue weighted by Crippen LogP contribution is -2.41. The summed E-state index contributed by atoms with van der Waals surface area (Å²) in [4.78, 5) is 21.6. The normalized spacial score (nSPS) is 14.8. The Morgan fingerprint density at radius 3 is 2.66 bits per heavy atom. The Hall–Kier alpha value is -3.59. The average molecular weight is 490 g/mol. The number of ether oxygens (including phenoxy) is 2. The highest BCUT2D eigenvalue weighted by Crippen LogP contribution is 2.30. The van der Waals surface area contributed by atoms with E-state index in [1.807, 2.05) is 38.1 Å². The van der Waals surface area contributed by atoms with E-state index in [1.54, 1.807) is 4.52 Å². The number of para-hydroxylation sites is 2. The number of hydrogen-bond acceptors (Lipinski definition) is 7. The molecule has 1 N–H and O–H groups in total. The molecular formula is C26H27N5O3S. The summed E-state index contributed by atoms with van der Waals surface area (Å²) < 4.78 is 13.3. The summed E-state index contributed by atoms with van der Waals surface area (Å²) in [5.74, 6) is 2.06. The molecule has 0 aliphatic carbocycles. The van der Waals surface area contributed by atoms with Gasteiger partial charge in [-0.15, -0.1) is 5.10 Å². The van der Waals surface area contributed by atoms with Gasteiger partial charge in [0.05, 0.1) is 12.3 Å². The predicted octanol–water partition coefficient (Wildman–Crippen LogP) is 3.69. The van der Waals surface area contributed by atoms with Crippen molar-refractivity contribution in [2.75, 3.05) is 18.9 Å². The Kier molecular flexibility index (Phi) is 6.59. The highest BCUT2D eigenvalue weighted by Gasteiger charge is 2.21. The van der Waals surface area contributed by atoms with E-state index in [1.165, 1.54) is 22.9 Å². The topological polar surface area (TPSA) is 90.6 Å². The number of carbonyl (C=O) groups is 1. The van der Waals surface area contributed by atoms with Crippen LogP contribution in [0.1, 0.15) is 28.1 Å². The maximum Gasteiger partial charge on any atom is 0.253 e. The van der Waals surface area contributed by atoms with Gasteiger partial charge in [0.25, 0.3) is 5.78 Å². The summed E-state index contributed by atoms with van der Waals surface area (Å²) >= 11 is 1.29. The molecule has 35 heavy (non-hydrogen) atoms. The molecule has 1 aliphatic heterocycles. The van der Waals surface area contributed by atoms with Crippen LogP contribution in [0.5, 0.6) is 11.5 Å². The van der Waals surface area contributed by atoms with Crippen LogP contribution in [-0.2, 0) is 11.2 Å². The molecule has 1 amide bonds. The molecule has 0 spiro atoms. The first-order valence-corrected chi connectivity index (χ1v) is 12.5. The van der Waals surface area contributed by atoms with E-state index in [-0.39, 0.29) is 17.8 Å². The van der Waals surface area contributed by atoms with Crippen molar-refractivity contribution in [1.82, 2.24) is 24.9 Å². The van der Waals surface area contributed by atoms with Crippen molar-refractivity contribution in [2.45, 2.75) is 38.5 Å². The molecule has 1 aliphatic rings. The molecule has 5 rings (SSSR count). The number of nitrogens with one attached hydrogen (secondary N) is 1. The Morgan fingerprint density at radius 2 is 1.86 bits per heavy atom. The number of rotatable bonds is 7. The van der Waals surface area contributed by atoms with Crippen molar-refractivity contribution < 1.29 is 14.3 Å². The quantitative estimate of drug-likeness (QED) is 0.396. The number of carbonyl (C=O) groups excluding carboxylic acids is 1. The van der Waals surface area contributed by atoms with Crippen LogP contribution in [-0.4, -0.2) is 50.5 Å². The minimum atomic E-state index is -0.228. The molecule has 0 saturated heterocycles. The summed E-state index contributed by atoms with van der Waals surface area (Å²) in [7, 11) is 0. The van der Waals surface area contributed by atoms with Gasteiger partial charge in [0, 0.05) is 17.8 Å². The zero-order chi connectivity index (χ0) is 24.4. The van der Waals surface area contributed by atoms with Crippen LogP contribution < -0.4 is 14.8 Å². The van der Waals surface area contributed by atoms with Gasteiger partial charge in [0.1, 0.15) is 12.7 Å². The molecule has 0 radical (unpaired) electrons. The molecule has 0 unspecified atom stereocenters. The Morgan fingerprint density at radius 1 is 1.09 bits per heavy atom. The molecule has 2 aromatic carbocycles. The maximum atomic E-state index is 12.4. The summed E-state index contributed by atoms with van der Waals surface area (Å²) in [6.07, 6.45) is 0.553. The number of aryl methyl sites for hydroxylation is 3. The maximum absolute atomic E-state index is 12.4. The van der Waals surface area contributed by atoms with Gasteiger partial charge in [-0.3, -0.25) is 4.79 Å². The van der Waals surface area contributed by atoms with E-state index >= 15 is 0 Å². The summed E-state index contributed by atoms with van der Waals surface area (Å²) in [5.41, 5.74) is 5.55. The van der Waals surface area contributed by atoms with Crippen LogP contribution >= 0.6 is 11.8 Å². The molecular weight excluding hydrogens is 462 g/mol. The monoisotopic (exact) mass is 489 g/mol. The van der Waals surface area contributed by atoms with E-state index in [9.17, 15) is 4.79 Å². The smallest absolute Gasteiger partial charge is 0.253 e. The van der Waals surface area contributed by atoms with Crippen molar-refractivity contribution in [2.24, 2.45) is 0 Å². The van der Waals surface area contributed by atoms with Gasteiger partial charge in [-0.05, 0) is 44.0 Å². The van der Waals surface area contributed by atoms with E-state index in [0.29, 0.717) is 29.8 Å². The number of benzene rings is 2. The van der Waals surface area contributed by atoms with Crippen LogP contribution in [0.2, 0.25) is 0 Å². The van der Waals surface area contributed by atoms with Crippen LogP contribution in [0, 0.1) is 20.8 Å². The lowest BCUT2D eigenvalue weighted by Gasteiger charge is -2.26. The summed E-state index contributed by atoms with van der Waals surface area (Å²) in [6.45, 7) is 6.88. The molecule has 8 nitrogen and oxygen atoms in total. The first-order chi connectivity index (χ1) is 17.0. The van der Waals surface area contributed by atoms with Gasteiger partial charge in [-0.2, -0.15) is 4.98 Å². The molecule has 0 fully saturated rings. The van der Waals surface area contributed by atoms with Gasteiger partial charge < -0.3 is 14.8 Å². The van der Waals surface area contributed by atoms with Gasteiger partial charge in [0.2, 0.25) is 11.1 Å². The fourth-order valence-electron chi connectivity index (χ4n) is 3.99. The van der Waals surface area contributed by atoms with Crippen LogP contribution in [0.3, 0.4) is 0 Å². The van der Waals surface area contributed by atoms with Gasteiger partial charge >= 0.3 is 0 Å². The second-order valence-corrected chi connectivity index (χ2v) is 9.56. The van der Waals surface area contributed by atoms with Crippen LogP contribution in [0.25, 0.3) is 5.78 Å². The van der Waals surface area contributed by atoms with Gasteiger partial charge in [-0.25, -0.2) is 9.50 Å². The molecule has 0 saturated carbocycles. The van der Waals surface area contributed by atoms with Crippen LogP contribution in [0.15, 0.2) is 53.7 Å². The lowest BCUT2D eigenvalue weighted by atomic mass is 10.0. The summed E-state index contributed by atoms with van der Waals surface area (Å²) in [6, 6.07) is 16.0. The minimum absolute atomic E-state index is 0.114. The average Bonchev–Trinajstić information content (AvgIpc) is 3.28. The largest absolute Gasteiger partial charge is 0.486 e. The highest BCUT2D eigenvalue weighted by molar-refractivity contribution is 7.99. The standard InChI is InChI=1S/C26H27N5O3S/c1-16-8-10-19(11-9-16)12-21-17(2)28-25-29-26(30-31(25)18(21)3)35-15-24(32)27-13-20-14-33-22-6-4-5-7-23(22)34-20/h4-11,20H,12-15H2,1-3H3,(H,27,32)/t20-/m1/s1. The van der Waals surface area contributed by atoms with Crippen molar-refractivity contribution in [3.8, 4) is 11.5 Å². The minimum Gasteiger partial charge on any atom is -0.486 e. The molecule has 0 bridgehead atoms. The number of aromatic nitrogens is 4. The number of amides is 1. The summed E-state index contributed by atoms with van der Waals surface area (Å²) in [5, 5.41) is 8.03. The Bertz CT molecular complexity index is 1370. The van der Waals surface area contributed by atoms with Crippen molar-refractivity contribution in [3.05, 3.63) is 76.6 Å². The van der Waals surface area contributed by atoms with E-state index in [2.05, 4.69) is 51.6 Å². The van der Waals surface area contributed by atoms with E-state index in [0.717, 1.165) is 29.1 Å². The van der Waals surface area contributed by atoms with Crippen molar-refractivity contribution in [3.63, 3.8) is 0 Å². The first kappa shape index (κ1) is 23.2. The first-order valence-electron chi connectivity index (χ1n) is 11.5. The zero-order valence-electron chi connectivity index (χ0n) is 19.9. The number of fused-ring (bicyclic) bond motifs is 2. The van der Waals surface area contributed by atoms with E-state index < -0.39 is 0 Å². The molecule has 4 aromatic rings. The van der Waals surface area contributed by atoms with Crippen molar-refractivity contribution in [1.29, 1.82) is 0 Å². The Balaban J connectivity index is 1.19. The van der Waals surface area contributed by atoms with Crippen LogP contribution in [0.4, 0.5) is 0 Å². The number of nitrogens with zero attached hydrogens (tertiary/aromatic N) is 4. The molecule has 180 valence electrons. The van der Waals surface area contributed by atoms with Crippen molar-refractivity contribution >= 4 is 23.4 Å².